The minimum Gasteiger partial charge on any atom is -0.333 e. The molecular weight excluding hydrogens is 278 g/mol. The monoisotopic (exact) mass is 297 g/mol. The van der Waals surface area contributed by atoms with Crippen LogP contribution in [0.5, 0.6) is 0 Å². The van der Waals surface area contributed by atoms with Crippen LogP contribution in [0.3, 0.4) is 0 Å². The normalized spacial score (nSPS) is 11.1. The highest BCUT2D eigenvalue weighted by Gasteiger charge is 2.04. The average molecular weight is 297 g/mol. The predicted octanol–water partition coefficient (Wildman–Crippen LogP) is 3.88. The third-order valence-corrected chi connectivity index (χ3v) is 4.51. The summed E-state index contributed by atoms with van der Waals surface area (Å²) in [6.07, 6.45) is 1.05. The fourth-order valence-corrected chi connectivity index (χ4v) is 3.09. The van der Waals surface area contributed by atoms with E-state index < -0.39 is 0 Å². The molecule has 0 bridgehead atoms. The molecule has 0 fully saturated rings. The largest absolute Gasteiger partial charge is 0.333 e. The second-order valence-corrected chi connectivity index (χ2v) is 6.02. The lowest BCUT2D eigenvalue weighted by molar-refractivity contribution is 1.06. The number of nitrogens with two attached hydrogens (primary N) is 1. The zero-order valence-corrected chi connectivity index (χ0v) is 12.9. The van der Waals surface area contributed by atoms with Crippen LogP contribution in [0, 0.1) is 0 Å². The molecule has 1 heterocycles. The third-order valence-electron chi connectivity index (χ3n) is 3.57. The fourth-order valence-electron chi connectivity index (χ4n) is 2.24. The van der Waals surface area contributed by atoms with E-state index in [-0.39, 0.29) is 0 Å². The smallest absolute Gasteiger partial charge is 0.166 e. The van der Waals surface area contributed by atoms with Crippen LogP contribution >= 0.6 is 11.8 Å². The second-order valence-electron chi connectivity index (χ2n) is 5.06. The van der Waals surface area contributed by atoms with E-state index >= 15 is 0 Å². The molecule has 4 heteroatoms. The van der Waals surface area contributed by atoms with Gasteiger partial charge in [0.2, 0.25) is 0 Å². The van der Waals surface area contributed by atoms with Gasteiger partial charge in [-0.25, -0.2) is 4.98 Å². The molecule has 0 atom stereocenters. The number of fused-ring (bicyclic) bond motifs is 1. The maximum absolute atomic E-state index is 5.61. The number of nitrogens with one attached hydrogen (secondary N) is 1. The molecule has 0 aliphatic rings. The molecule has 21 heavy (non-hydrogen) atoms. The number of H-pyrrole nitrogens is 1. The van der Waals surface area contributed by atoms with Gasteiger partial charge in [0.1, 0.15) is 0 Å². The number of aromatic nitrogens is 2. The quantitative estimate of drug-likeness (QED) is 0.703. The van der Waals surface area contributed by atoms with E-state index in [1.807, 2.05) is 0 Å². The van der Waals surface area contributed by atoms with E-state index in [1.165, 1.54) is 16.7 Å². The minimum absolute atomic E-state index is 0.594. The molecule has 0 saturated carbocycles. The molecule has 3 nitrogen and oxygen atoms in total. The number of aromatic amines is 1. The van der Waals surface area contributed by atoms with Gasteiger partial charge in [0.15, 0.2) is 5.16 Å². The van der Waals surface area contributed by atoms with Crippen LogP contribution in [-0.2, 0) is 18.7 Å². The Bertz CT molecular complexity index is 731. The molecule has 0 amide bonds. The number of hydrogen-bond donors (Lipinski definition) is 2. The number of rotatable bonds is 5. The van der Waals surface area contributed by atoms with Gasteiger partial charge < -0.3 is 10.7 Å². The summed E-state index contributed by atoms with van der Waals surface area (Å²) in [7, 11) is 0. The number of imidazole rings is 1. The summed E-state index contributed by atoms with van der Waals surface area (Å²) < 4.78 is 0. The summed E-state index contributed by atoms with van der Waals surface area (Å²) >= 11 is 1.73. The van der Waals surface area contributed by atoms with Gasteiger partial charge in [-0.2, -0.15) is 0 Å². The standard InChI is InChI=1S/C17H19N3S/c1-2-12-7-8-15-16(9-12)20-17(19-15)21-11-14-5-3-13(10-18)4-6-14/h3-9H,2,10-11,18H2,1H3,(H,19,20). The number of nitrogens with zero attached hydrogens (tertiary/aromatic N) is 1. The first-order valence-corrected chi connectivity index (χ1v) is 8.16. The molecule has 0 spiro atoms. The summed E-state index contributed by atoms with van der Waals surface area (Å²) in [5.74, 6) is 0.908. The number of benzene rings is 2. The second kappa shape index (κ2) is 6.33. The van der Waals surface area contributed by atoms with E-state index in [0.717, 1.165) is 28.4 Å². The molecule has 3 N–H and O–H groups in total. The van der Waals surface area contributed by atoms with Crippen molar-refractivity contribution in [2.75, 3.05) is 0 Å². The molecule has 3 rings (SSSR count). The van der Waals surface area contributed by atoms with Gasteiger partial charge in [0.25, 0.3) is 0 Å². The molecule has 0 aliphatic heterocycles. The minimum atomic E-state index is 0.594. The Morgan fingerprint density at radius 2 is 1.76 bits per heavy atom. The molecule has 108 valence electrons. The summed E-state index contributed by atoms with van der Waals surface area (Å²) in [6.45, 7) is 2.76. The van der Waals surface area contributed by atoms with Crippen molar-refractivity contribution >= 4 is 22.8 Å². The van der Waals surface area contributed by atoms with Gasteiger partial charge in [-0.3, -0.25) is 0 Å². The summed E-state index contributed by atoms with van der Waals surface area (Å²) in [4.78, 5) is 8.02. The molecule has 0 radical (unpaired) electrons. The Labute approximate surface area is 129 Å². The maximum Gasteiger partial charge on any atom is 0.166 e. The summed E-state index contributed by atoms with van der Waals surface area (Å²) in [5, 5.41) is 0.973. The zero-order valence-electron chi connectivity index (χ0n) is 12.1. The van der Waals surface area contributed by atoms with Gasteiger partial charge >= 0.3 is 0 Å². The van der Waals surface area contributed by atoms with Crippen molar-refractivity contribution in [1.29, 1.82) is 0 Å². The van der Waals surface area contributed by atoms with Crippen molar-refractivity contribution in [2.24, 2.45) is 5.73 Å². The van der Waals surface area contributed by atoms with Crippen LogP contribution in [-0.4, -0.2) is 9.97 Å². The Hall–Kier alpha value is -1.78. The first-order valence-electron chi connectivity index (χ1n) is 7.18. The van der Waals surface area contributed by atoms with Crippen molar-refractivity contribution in [2.45, 2.75) is 30.8 Å². The Morgan fingerprint density at radius 3 is 2.48 bits per heavy atom. The molecule has 0 unspecified atom stereocenters. The topological polar surface area (TPSA) is 54.7 Å². The fraction of sp³-hybridized carbons (Fsp3) is 0.235. The van der Waals surface area contributed by atoms with Crippen LogP contribution in [0.25, 0.3) is 11.0 Å². The van der Waals surface area contributed by atoms with E-state index in [4.69, 9.17) is 5.73 Å². The van der Waals surface area contributed by atoms with E-state index in [9.17, 15) is 0 Å². The van der Waals surface area contributed by atoms with Crippen molar-refractivity contribution < 1.29 is 0 Å². The van der Waals surface area contributed by atoms with Crippen molar-refractivity contribution in [1.82, 2.24) is 9.97 Å². The maximum atomic E-state index is 5.61. The molecule has 2 aromatic carbocycles. The Kier molecular flexibility index (Phi) is 4.27. The molecule has 1 aromatic heterocycles. The van der Waals surface area contributed by atoms with Crippen molar-refractivity contribution in [3.63, 3.8) is 0 Å². The number of hydrogen-bond acceptors (Lipinski definition) is 3. The Morgan fingerprint density at radius 1 is 1.05 bits per heavy atom. The molecular formula is C17H19N3S. The lowest BCUT2D eigenvalue weighted by Gasteiger charge is -2.01. The highest BCUT2D eigenvalue weighted by Crippen LogP contribution is 2.24. The Balaban J connectivity index is 1.72. The predicted molar refractivity (Wildman–Crippen MR) is 89.4 cm³/mol. The first kappa shape index (κ1) is 14.2. The van der Waals surface area contributed by atoms with Crippen LogP contribution in [0.15, 0.2) is 47.6 Å². The lowest BCUT2D eigenvalue weighted by atomic mass is 10.1. The van der Waals surface area contributed by atoms with Crippen LogP contribution < -0.4 is 5.73 Å². The molecule has 3 aromatic rings. The third kappa shape index (κ3) is 3.28. The van der Waals surface area contributed by atoms with E-state index in [1.54, 1.807) is 11.8 Å². The number of thioether (sulfide) groups is 1. The highest BCUT2D eigenvalue weighted by atomic mass is 32.2. The van der Waals surface area contributed by atoms with Crippen molar-refractivity contribution in [3.05, 3.63) is 59.2 Å². The zero-order chi connectivity index (χ0) is 14.7. The van der Waals surface area contributed by atoms with Gasteiger partial charge in [0.05, 0.1) is 11.0 Å². The molecule has 0 saturated heterocycles. The van der Waals surface area contributed by atoms with Crippen molar-refractivity contribution in [3.8, 4) is 0 Å². The highest BCUT2D eigenvalue weighted by molar-refractivity contribution is 7.98. The first-order chi connectivity index (χ1) is 10.3. The molecule has 0 aliphatic carbocycles. The van der Waals surface area contributed by atoms with Gasteiger partial charge in [-0.1, -0.05) is 49.0 Å². The number of aryl methyl sites for hydroxylation is 1. The van der Waals surface area contributed by atoms with E-state index in [0.29, 0.717) is 6.54 Å². The lowest BCUT2D eigenvalue weighted by Crippen LogP contribution is -1.95. The SMILES string of the molecule is CCc1ccc2nc(SCc3ccc(CN)cc3)[nH]c2c1. The van der Waals surface area contributed by atoms with Crippen LogP contribution in [0.1, 0.15) is 23.6 Å². The average Bonchev–Trinajstić information content (AvgIpc) is 2.95. The van der Waals surface area contributed by atoms with Gasteiger partial charge in [-0.15, -0.1) is 0 Å². The van der Waals surface area contributed by atoms with Gasteiger partial charge in [-0.05, 0) is 35.2 Å². The van der Waals surface area contributed by atoms with Crippen LogP contribution in [0.4, 0.5) is 0 Å². The summed E-state index contributed by atoms with van der Waals surface area (Å²) in [5.41, 5.74) is 11.6. The summed E-state index contributed by atoms with van der Waals surface area (Å²) in [6, 6.07) is 14.8. The van der Waals surface area contributed by atoms with E-state index in [2.05, 4.69) is 59.4 Å². The van der Waals surface area contributed by atoms with Crippen LogP contribution in [0.2, 0.25) is 0 Å². The van der Waals surface area contributed by atoms with Gasteiger partial charge in [0, 0.05) is 12.3 Å².